The van der Waals surface area contributed by atoms with E-state index in [0.29, 0.717) is 11.4 Å². The van der Waals surface area contributed by atoms with Gasteiger partial charge < -0.3 is 9.97 Å². The first-order chi connectivity index (χ1) is 9.38. The van der Waals surface area contributed by atoms with Crippen LogP contribution >= 0.6 is 0 Å². The average molecular weight is 278 g/mol. The molecule has 0 aliphatic rings. The number of aromatic amines is 2. The van der Waals surface area contributed by atoms with E-state index in [1.807, 2.05) is 0 Å². The van der Waals surface area contributed by atoms with E-state index in [2.05, 4.69) is 9.97 Å². The lowest BCUT2D eigenvalue weighted by molar-refractivity contribution is 0.513. The van der Waals surface area contributed by atoms with E-state index >= 15 is 0 Å². The predicted molar refractivity (Wildman–Crippen MR) is 72.1 cm³/mol. The molecule has 0 aliphatic carbocycles. The van der Waals surface area contributed by atoms with Gasteiger partial charge in [-0.05, 0) is 13.8 Å². The van der Waals surface area contributed by atoms with Crippen LogP contribution in [-0.4, -0.2) is 19.1 Å². The van der Waals surface area contributed by atoms with Gasteiger partial charge in [-0.1, -0.05) is 0 Å². The summed E-state index contributed by atoms with van der Waals surface area (Å²) < 4.78 is 1.89. The van der Waals surface area contributed by atoms with E-state index in [4.69, 9.17) is 0 Å². The molecule has 106 valence electrons. The van der Waals surface area contributed by atoms with Gasteiger partial charge in [0.1, 0.15) is 0 Å². The molecule has 2 rings (SSSR count). The third kappa shape index (κ3) is 2.68. The largest absolute Gasteiger partial charge is 0.328 e. The molecule has 8 heteroatoms. The van der Waals surface area contributed by atoms with Crippen LogP contribution in [0.4, 0.5) is 0 Å². The van der Waals surface area contributed by atoms with Gasteiger partial charge in [-0.2, -0.15) is 0 Å². The van der Waals surface area contributed by atoms with E-state index in [0.717, 1.165) is 9.13 Å². The molecule has 0 saturated carbocycles. The minimum Gasteiger partial charge on any atom is -0.311 e. The molecule has 0 radical (unpaired) electrons. The Balaban J connectivity index is 2.36. The standard InChI is InChI=1S/C12H14N4O4/c1-7-5-9(17)15(11(19)13-7)3-4-16-10(18)6-8(2)14-12(16)20/h5-6H,3-4H2,1-2H3,(H,13,19)(H,14,20). The first kappa shape index (κ1) is 13.8. The molecule has 0 amide bonds. The lowest BCUT2D eigenvalue weighted by atomic mass is 10.4. The first-order valence-electron chi connectivity index (χ1n) is 6.00. The summed E-state index contributed by atoms with van der Waals surface area (Å²) in [6, 6.07) is 2.56. The maximum absolute atomic E-state index is 11.7. The van der Waals surface area contributed by atoms with Crippen LogP contribution in [0.3, 0.4) is 0 Å². The van der Waals surface area contributed by atoms with Crippen LogP contribution < -0.4 is 22.5 Å². The highest BCUT2D eigenvalue weighted by Crippen LogP contribution is 1.83. The number of rotatable bonds is 3. The van der Waals surface area contributed by atoms with Crippen molar-refractivity contribution in [2.45, 2.75) is 26.9 Å². The van der Waals surface area contributed by atoms with Gasteiger partial charge in [0, 0.05) is 36.6 Å². The molecule has 0 fully saturated rings. The summed E-state index contributed by atoms with van der Waals surface area (Å²) in [5.74, 6) is 0. The SMILES string of the molecule is Cc1cc(=O)n(CCn2c(=O)cc(C)[nH]c2=O)c(=O)[nH]1. The molecule has 8 nitrogen and oxygen atoms in total. The van der Waals surface area contributed by atoms with Crippen molar-refractivity contribution in [3.63, 3.8) is 0 Å². The van der Waals surface area contributed by atoms with Crippen molar-refractivity contribution in [1.29, 1.82) is 0 Å². The predicted octanol–water partition coefficient (Wildman–Crippen LogP) is -1.30. The number of hydrogen-bond donors (Lipinski definition) is 2. The third-order valence-corrected chi connectivity index (χ3v) is 2.86. The van der Waals surface area contributed by atoms with Crippen LogP contribution in [-0.2, 0) is 13.1 Å². The van der Waals surface area contributed by atoms with Crippen molar-refractivity contribution in [3.05, 3.63) is 65.2 Å². The van der Waals surface area contributed by atoms with E-state index in [1.54, 1.807) is 13.8 Å². The Labute approximate surface area is 112 Å². The summed E-state index contributed by atoms with van der Waals surface area (Å²) in [5, 5.41) is 0. The molecule has 0 unspecified atom stereocenters. The first-order valence-corrected chi connectivity index (χ1v) is 6.00. The Bertz CT molecular complexity index is 732. The Kier molecular flexibility index (Phi) is 3.55. The van der Waals surface area contributed by atoms with Crippen LogP contribution in [0, 0.1) is 13.8 Å². The van der Waals surface area contributed by atoms with Crippen molar-refractivity contribution >= 4 is 0 Å². The third-order valence-electron chi connectivity index (χ3n) is 2.86. The number of nitrogens with zero attached hydrogens (tertiary/aromatic N) is 2. The van der Waals surface area contributed by atoms with Gasteiger partial charge in [-0.25, -0.2) is 9.59 Å². The lowest BCUT2D eigenvalue weighted by Gasteiger charge is -2.07. The van der Waals surface area contributed by atoms with Gasteiger partial charge >= 0.3 is 11.4 Å². The molecule has 0 spiro atoms. The van der Waals surface area contributed by atoms with Crippen molar-refractivity contribution in [2.24, 2.45) is 0 Å². The maximum atomic E-state index is 11.7. The second-order valence-corrected chi connectivity index (χ2v) is 4.49. The lowest BCUT2D eigenvalue weighted by Crippen LogP contribution is -2.40. The summed E-state index contributed by atoms with van der Waals surface area (Å²) in [5.41, 5.74) is -1.15. The number of hydrogen-bond acceptors (Lipinski definition) is 4. The second kappa shape index (κ2) is 5.16. The van der Waals surface area contributed by atoms with Crippen molar-refractivity contribution in [1.82, 2.24) is 19.1 Å². The summed E-state index contributed by atoms with van der Waals surface area (Å²) >= 11 is 0. The highest BCUT2D eigenvalue weighted by atomic mass is 16.2. The molecule has 0 saturated heterocycles. The molecule has 2 aromatic heterocycles. The summed E-state index contributed by atoms with van der Waals surface area (Å²) in [6.45, 7) is 3.09. The molecule has 0 aliphatic heterocycles. The molecule has 2 heterocycles. The van der Waals surface area contributed by atoms with E-state index in [-0.39, 0.29) is 13.1 Å². The van der Waals surface area contributed by atoms with Gasteiger partial charge in [0.2, 0.25) is 0 Å². The molecule has 2 N–H and O–H groups in total. The topological polar surface area (TPSA) is 110 Å². The fourth-order valence-corrected chi connectivity index (χ4v) is 1.89. The Morgan fingerprint density at radius 3 is 1.45 bits per heavy atom. The van der Waals surface area contributed by atoms with Gasteiger partial charge in [0.25, 0.3) is 11.1 Å². The van der Waals surface area contributed by atoms with E-state index in [1.165, 1.54) is 12.1 Å². The molecule has 0 bridgehead atoms. The highest BCUT2D eigenvalue weighted by Gasteiger charge is 2.06. The number of H-pyrrole nitrogens is 2. The van der Waals surface area contributed by atoms with Gasteiger partial charge in [0.05, 0.1) is 0 Å². The molecule has 20 heavy (non-hydrogen) atoms. The zero-order chi connectivity index (χ0) is 14.9. The van der Waals surface area contributed by atoms with Crippen molar-refractivity contribution in [2.75, 3.05) is 0 Å². The molecular formula is C12H14N4O4. The average Bonchev–Trinajstić information content (AvgIpc) is 2.30. The zero-order valence-electron chi connectivity index (χ0n) is 11.1. The molecular weight excluding hydrogens is 264 g/mol. The molecule has 0 aromatic carbocycles. The molecule has 0 atom stereocenters. The maximum Gasteiger partial charge on any atom is 0.328 e. The van der Waals surface area contributed by atoms with E-state index < -0.39 is 22.5 Å². The smallest absolute Gasteiger partial charge is 0.311 e. The minimum atomic E-state index is -0.563. The minimum absolute atomic E-state index is 0.0551. The second-order valence-electron chi connectivity index (χ2n) is 4.49. The van der Waals surface area contributed by atoms with Crippen molar-refractivity contribution < 1.29 is 0 Å². The van der Waals surface area contributed by atoms with Gasteiger partial charge in [0.15, 0.2) is 0 Å². The molecule has 2 aromatic rings. The number of aromatic nitrogens is 4. The fraction of sp³-hybridized carbons (Fsp3) is 0.333. The summed E-state index contributed by atoms with van der Waals surface area (Å²) in [6.07, 6.45) is 0. The van der Waals surface area contributed by atoms with Gasteiger partial charge in [-0.15, -0.1) is 0 Å². The highest BCUT2D eigenvalue weighted by molar-refractivity contribution is 4.97. The summed E-state index contributed by atoms with van der Waals surface area (Å²) in [4.78, 5) is 51.6. The Morgan fingerprint density at radius 2 is 1.15 bits per heavy atom. The Morgan fingerprint density at radius 1 is 0.800 bits per heavy atom. The van der Waals surface area contributed by atoms with Crippen molar-refractivity contribution in [3.8, 4) is 0 Å². The number of aryl methyl sites for hydroxylation is 2. The van der Waals surface area contributed by atoms with Crippen LogP contribution in [0.25, 0.3) is 0 Å². The summed E-state index contributed by atoms with van der Waals surface area (Å²) in [7, 11) is 0. The van der Waals surface area contributed by atoms with Crippen LogP contribution in [0.15, 0.2) is 31.3 Å². The van der Waals surface area contributed by atoms with Gasteiger partial charge in [-0.3, -0.25) is 18.7 Å². The van der Waals surface area contributed by atoms with E-state index in [9.17, 15) is 19.2 Å². The van der Waals surface area contributed by atoms with Crippen LogP contribution in [0.1, 0.15) is 11.4 Å². The van der Waals surface area contributed by atoms with Crippen LogP contribution in [0.5, 0.6) is 0 Å². The Hall–Kier alpha value is -2.64. The number of nitrogens with one attached hydrogen (secondary N) is 2. The zero-order valence-corrected chi connectivity index (χ0v) is 11.1. The normalized spacial score (nSPS) is 10.7. The quantitative estimate of drug-likeness (QED) is 0.727. The monoisotopic (exact) mass is 278 g/mol. The fourth-order valence-electron chi connectivity index (χ4n) is 1.89. The van der Waals surface area contributed by atoms with Crippen LogP contribution in [0.2, 0.25) is 0 Å².